The van der Waals surface area contributed by atoms with E-state index in [2.05, 4.69) is 5.32 Å². The van der Waals surface area contributed by atoms with E-state index in [0.29, 0.717) is 32.9 Å². The van der Waals surface area contributed by atoms with E-state index < -0.39 is 19.2 Å². The van der Waals surface area contributed by atoms with Gasteiger partial charge in [-0.05, 0) is 67.8 Å². The number of carbonyl (C=O) groups is 1. The quantitative estimate of drug-likeness (QED) is 0.314. The van der Waals surface area contributed by atoms with Crippen LogP contribution < -0.4 is 10.1 Å². The van der Waals surface area contributed by atoms with Crippen molar-refractivity contribution in [2.45, 2.75) is 64.1 Å². The molecule has 0 bridgehead atoms. The van der Waals surface area contributed by atoms with Gasteiger partial charge >= 0.3 is 6.18 Å². The lowest BCUT2D eigenvalue weighted by Gasteiger charge is -2.22. The Morgan fingerprint density at radius 1 is 1.11 bits per heavy atom. The van der Waals surface area contributed by atoms with Gasteiger partial charge in [0.15, 0.2) is 0 Å². The van der Waals surface area contributed by atoms with Gasteiger partial charge in [0.1, 0.15) is 5.75 Å². The number of nitrogens with zero attached hydrogens (tertiary/aromatic N) is 2. The van der Waals surface area contributed by atoms with Gasteiger partial charge < -0.3 is 10.1 Å². The lowest BCUT2D eigenvalue weighted by Crippen LogP contribution is -2.37. The lowest BCUT2D eigenvalue weighted by molar-refractivity contribution is -0.139. The van der Waals surface area contributed by atoms with Gasteiger partial charge in [-0.3, -0.25) is 4.79 Å². The molecule has 1 saturated carbocycles. The van der Waals surface area contributed by atoms with Crippen LogP contribution in [0.3, 0.4) is 0 Å². The second kappa shape index (κ2) is 11.8. The SMILES string of the molecule is Cc1c(CC(=O)NC2CCCCC2)nn(-c2ccc(Cl)cc2Cl)c1-c1ccc(OCCC(F)(F)F)cc1. The first kappa shape index (κ1) is 27.3. The molecule has 1 aliphatic carbocycles. The number of benzene rings is 2. The minimum Gasteiger partial charge on any atom is -0.493 e. The number of aromatic nitrogens is 2. The third-order valence-corrected chi connectivity index (χ3v) is 6.98. The molecule has 1 amide bonds. The molecule has 1 aliphatic rings. The van der Waals surface area contributed by atoms with E-state index in [0.717, 1.165) is 36.8 Å². The smallest absolute Gasteiger partial charge is 0.392 e. The Morgan fingerprint density at radius 3 is 2.46 bits per heavy atom. The van der Waals surface area contributed by atoms with Crippen LogP contribution in [0.1, 0.15) is 49.8 Å². The summed E-state index contributed by atoms with van der Waals surface area (Å²) in [4.78, 5) is 12.9. The van der Waals surface area contributed by atoms with Gasteiger partial charge in [0.05, 0.1) is 41.5 Å². The summed E-state index contributed by atoms with van der Waals surface area (Å²) in [6.07, 6.45) is 0.230. The zero-order valence-electron chi connectivity index (χ0n) is 20.4. The maximum atomic E-state index is 12.9. The third-order valence-electron chi connectivity index (χ3n) is 6.44. The Morgan fingerprint density at radius 2 is 1.81 bits per heavy atom. The number of carbonyl (C=O) groups excluding carboxylic acids is 1. The zero-order chi connectivity index (χ0) is 26.6. The highest BCUT2D eigenvalue weighted by Crippen LogP contribution is 2.34. The van der Waals surface area contributed by atoms with Crippen LogP contribution in [0.25, 0.3) is 16.9 Å². The molecule has 1 aromatic heterocycles. The summed E-state index contributed by atoms with van der Waals surface area (Å²) in [6, 6.07) is 12.0. The minimum atomic E-state index is -4.28. The molecule has 10 heteroatoms. The molecule has 1 fully saturated rings. The number of rotatable bonds is 8. The van der Waals surface area contributed by atoms with E-state index in [9.17, 15) is 18.0 Å². The molecule has 4 rings (SSSR count). The molecule has 0 atom stereocenters. The Kier molecular flexibility index (Phi) is 8.70. The highest BCUT2D eigenvalue weighted by Gasteiger charge is 2.27. The van der Waals surface area contributed by atoms with Gasteiger partial charge in [0, 0.05) is 16.6 Å². The summed E-state index contributed by atoms with van der Waals surface area (Å²) in [5.41, 5.74) is 3.47. The first-order chi connectivity index (χ1) is 17.6. The molecular formula is C27H28Cl2F3N3O2. The standard InChI is InChI=1S/C27H28Cl2F3N3O2/c1-17-23(16-25(36)33-20-5-3-2-4-6-20)34-35(24-12-9-19(28)15-22(24)29)26(17)18-7-10-21(11-8-18)37-14-13-27(30,31)32/h7-12,15,20H,2-6,13-14,16H2,1H3,(H,33,36). The Balaban J connectivity index is 1.62. The van der Waals surface area contributed by atoms with Crippen molar-refractivity contribution in [2.24, 2.45) is 0 Å². The van der Waals surface area contributed by atoms with Crippen molar-refractivity contribution in [3.8, 4) is 22.7 Å². The fourth-order valence-corrected chi connectivity index (χ4v) is 5.04. The maximum absolute atomic E-state index is 12.9. The van der Waals surface area contributed by atoms with Crippen molar-refractivity contribution in [3.63, 3.8) is 0 Å². The fraction of sp³-hybridized carbons (Fsp3) is 0.407. The molecule has 2 aromatic carbocycles. The maximum Gasteiger partial charge on any atom is 0.392 e. The second-order valence-electron chi connectivity index (χ2n) is 9.25. The Labute approximate surface area is 223 Å². The van der Waals surface area contributed by atoms with Crippen molar-refractivity contribution in [1.82, 2.24) is 15.1 Å². The van der Waals surface area contributed by atoms with Crippen LogP contribution in [0.15, 0.2) is 42.5 Å². The number of nitrogens with one attached hydrogen (secondary N) is 1. The van der Waals surface area contributed by atoms with Crippen molar-refractivity contribution < 1.29 is 22.7 Å². The summed E-state index contributed by atoms with van der Waals surface area (Å²) in [6.45, 7) is 1.43. The molecule has 0 spiro atoms. The highest BCUT2D eigenvalue weighted by atomic mass is 35.5. The van der Waals surface area contributed by atoms with Crippen LogP contribution in [0.4, 0.5) is 13.2 Å². The number of halogens is 5. The van der Waals surface area contributed by atoms with Crippen LogP contribution in [-0.4, -0.2) is 34.5 Å². The predicted octanol–water partition coefficient (Wildman–Crippen LogP) is 7.48. The van der Waals surface area contributed by atoms with Crippen molar-refractivity contribution in [3.05, 3.63) is 63.8 Å². The summed E-state index contributed by atoms with van der Waals surface area (Å²) in [7, 11) is 0. The topological polar surface area (TPSA) is 56.2 Å². The van der Waals surface area contributed by atoms with Crippen molar-refractivity contribution in [1.29, 1.82) is 0 Å². The highest BCUT2D eigenvalue weighted by molar-refractivity contribution is 6.35. The second-order valence-corrected chi connectivity index (χ2v) is 10.1. The lowest BCUT2D eigenvalue weighted by atomic mass is 9.95. The van der Waals surface area contributed by atoms with Crippen molar-refractivity contribution >= 4 is 29.1 Å². The van der Waals surface area contributed by atoms with E-state index in [1.54, 1.807) is 47.1 Å². The van der Waals surface area contributed by atoms with Gasteiger partial charge in [-0.1, -0.05) is 42.5 Å². The number of hydrogen-bond acceptors (Lipinski definition) is 3. The van der Waals surface area contributed by atoms with Gasteiger partial charge in [-0.2, -0.15) is 18.3 Å². The first-order valence-corrected chi connectivity index (χ1v) is 13.0. The number of ether oxygens (including phenoxy) is 1. The van der Waals surface area contributed by atoms with Gasteiger partial charge in [0.25, 0.3) is 0 Å². The first-order valence-electron chi connectivity index (χ1n) is 12.2. The number of alkyl halides is 3. The third kappa shape index (κ3) is 7.20. The van der Waals surface area contributed by atoms with Crippen molar-refractivity contribution in [2.75, 3.05) is 6.61 Å². The van der Waals surface area contributed by atoms with E-state index >= 15 is 0 Å². The molecule has 1 heterocycles. The molecule has 198 valence electrons. The summed E-state index contributed by atoms with van der Waals surface area (Å²) < 4.78 is 44.2. The van der Waals surface area contributed by atoms with Gasteiger partial charge in [-0.25, -0.2) is 4.68 Å². The minimum absolute atomic E-state index is 0.0817. The summed E-state index contributed by atoms with van der Waals surface area (Å²) in [5, 5.41) is 8.75. The van der Waals surface area contributed by atoms with Crippen LogP contribution in [-0.2, 0) is 11.2 Å². The molecule has 37 heavy (non-hydrogen) atoms. The van der Waals surface area contributed by atoms with E-state index in [-0.39, 0.29) is 18.4 Å². The largest absolute Gasteiger partial charge is 0.493 e. The molecule has 1 N–H and O–H groups in total. The normalized spacial score (nSPS) is 14.5. The predicted molar refractivity (Wildman–Crippen MR) is 139 cm³/mol. The van der Waals surface area contributed by atoms with Gasteiger partial charge in [0.2, 0.25) is 5.91 Å². The van der Waals surface area contributed by atoms with E-state index in [4.69, 9.17) is 33.0 Å². The molecule has 3 aromatic rings. The molecular weight excluding hydrogens is 526 g/mol. The number of hydrogen-bond donors (Lipinski definition) is 1. The molecule has 0 aliphatic heterocycles. The summed E-state index contributed by atoms with van der Waals surface area (Å²) >= 11 is 12.6. The van der Waals surface area contributed by atoms with Crippen LogP contribution >= 0.6 is 23.2 Å². The fourth-order valence-electron chi connectivity index (χ4n) is 4.55. The monoisotopic (exact) mass is 553 g/mol. The molecule has 0 unspecified atom stereocenters. The molecule has 0 saturated heterocycles. The van der Waals surface area contributed by atoms with E-state index in [1.165, 1.54) is 6.42 Å². The average molecular weight is 554 g/mol. The number of amides is 1. The van der Waals surface area contributed by atoms with Crippen LogP contribution in [0, 0.1) is 6.92 Å². The zero-order valence-corrected chi connectivity index (χ0v) is 21.9. The average Bonchev–Trinajstić information content (AvgIpc) is 3.14. The van der Waals surface area contributed by atoms with E-state index in [1.807, 2.05) is 6.92 Å². The van der Waals surface area contributed by atoms with Crippen LogP contribution in [0.5, 0.6) is 5.75 Å². The van der Waals surface area contributed by atoms with Gasteiger partial charge in [-0.15, -0.1) is 0 Å². The molecule has 0 radical (unpaired) electrons. The Hall–Kier alpha value is -2.71. The Bertz CT molecular complexity index is 1240. The van der Waals surface area contributed by atoms with Crippen LogP contribution in [0.2, 0.25) is 10.0 Å². The summed E-state index contributed by atoms with van der Waals surface area (Å²) in [5.74, 6) is 0.246. The molecule has 5 nitrogen and oxygen atoms in total.